The van der Waals surface area contributed by atoms with Crippen LogP contribution in [0.3, 0.4) is 0 Å². The SMILES string of the molecule is c1csc(-c2ncc(CNC3CCc4ccccc4OC3)[nH]2)c1. The zero-order chi connectivity index (χ0) is 15.5. The summed E-state index contributed by atoms with van der Waals surface area (Å²) < 4.78 is 5.93. The predicted molar refractivity (Wildman–Crippen MR) is 92.8 cm³/mol. The molecule has 2 aromatic heterocycles. The Labute approximate surface area is 139 Å². The number of aromatic nitrogens is 2. The highest BCUT2D eigenvalue weighted by atomic mass is 32.1. The number of aromatic amines is 1. The number of ether oxygens (including phenoxy) is 1. The summed E-state index contributed by atoms with van der Waals surface area (Å²) >= 11 is 1.70. The van der Waals surface area contributed by atoms with E-state index in [0.29, 0.717) is 12.6 Å². The number of benzene rings is 1. The fourth-order valence-corrected chi connectivity index (χ4v) is 3.53. The Hall–Kier alpha value is -2.11. The molecule has 118 valence electrons. The Morgan fingerprint density at radius 1 is 1.26 bits per heavy atom. The van der Waals surface area contributed by atoms with Gasteiger partial charge in [-0.25, -0.2) is 4.98 Å². The summed E-state index contributed by atoms with van der Waals surface area (Å²) in [5, 5.41) is 5.64. The van der Waals surface area contributed by atoms with Gasteiger partial charge in [-0.05, 0) is 35.9 Å². The fraction of sp³-hybridized carbons (Fsp3) is 0.278. The van der Waals surface area contributed by atoms with Crippen molar-refractivity contribution < 1.29 is 4.74 Å². The van der Waals surface area contributed by atoms with Crippen molar-refractivity contribution in [1.82, 2.24) is 15.3 Å². The van der Waals surface area contributed by atoms with Gasteiger partial charge in [0, 0.05) is 24.5 Å². The van der Waals surface area contributed by atoms with Crippen LogP contribution in [0, 0.1) is 0 Å². The van der Waals surface area contributed by atoms with E-state index in [-0.39, 0.29) is 0 Å². The van der Waals surface area contributed by atoms with Crippen LogP contribution >= 0.6 is 11.3 Å². The maximum atomic E-state index is 5.93. The molecule has 2 N–H and O–H groups in total. The second kappa shape index (κ2) is 6.56. The van der Waals surface area contributed by atoms with Crippen LogP contribution in [0.1, 0.15) is 17.7 Å². The molecule has 0 saturated carbocycles. The molecule has 0 radical (unpaired) electrons. The lowest BCUT2D eigenvalue weighted by molar-refractivity contribution is 0.267. The normalized spacial score (nSPS) is 17.3. The van der Waals surface area contributed by atoms with E-state index in [1.807, 2.05) is 18.3 Å². The summed E-state index contributed by atoms with van der Waals surface area (Å²) in [4.78, 5) is 9.01. The Morgan fingerprint density at radius 2 is 2.22 bits per heavy atom. The minimum atomic E-state index is 0.357. The van der Waals surface area contributed by atoms with Crippen LogP contribution in [0.5, 0.6) is 5.75 Å². The summed E-state index contributed by atoms with van der Waals surface area (Å²) in [5.74, 6) is 1.97. The van der Waals surface area contributed by atoms with E-state index < -0.39 is 0 Å². The smallest absolute Gasteiger partial charge is 0.147 e. The number of aryl methyl sites for hydroxylation is 1. The van der Waals surface area contributed by atoms with Gasteiger partial charge in [-0.2, -0.15) is 0 Å². The average molecular weight is 325 g/mol. The third-order valence-corrected chi connectivity index (χ3v) is 5.02. The fourth-order valence-electron chi connectivity index (χ4n) is 2.86. The molecule has 4 rings (SSSR count). The first-order valence-corrected chi connectivity index (χ1v) is 8.78. The highest BCUT2D eigenvalue weighted by molar-refractivity contribution is 7.13. The van der Waals surface area contributed by atoms with Crippen LogP contribution in [0.15, 0.2) is 48.0 Å². The van der Waals surface area contributed by atoms with Crippen LogP contribution < -0.4 is 10.1 Å². The first-order chi connectivity index (χ1) is 11.4. The zero-order valence-electron chi connectivity index (χ0n) is 12.8. The number of para-hydroxylation sites is 1. The lowest BCUT2D eigenvalue weighted by Crippen LogP contribution is -2.33. The Morgan fingerprint density at radius 3 is 3.13 bits per heavy atom. The third-order valence-electron chi connectivity index (χ3n) is 4.14. The van der Waals surface area contributed by atoms with E-state index in [2.05, 4.69) is 44.9 Å². The molecule has 23 heavy (non-hydrogen) atoms. The lowest BCUT2D eigenvalue weighted by atomic mass is 10.1. The largest absolute Gasteiger partial charge is 0.492 e. The van der Waals surface area contributed by atoms with E-state index in [0.717, 1.165) is 36.7 Å². The standard InChI is InChI=1S/C18H19N3OS/c1-2-5-16-13(4-1)7-8-14(12-22-16)19-10-15-11-20-18(21-15)17-6-3-9-23-17/h1-6,9,11,14,19H,7-8,10,12H2,(H,20,21). The quantitative estimate of drug-likeness (QED) is 0.770. The van der Waals surface area contributed by atoms with E-state index in [4.69, 9.17) is 4.74 Å². The van der Waals surface area contributed by atoms with Crippen molar-refractivity contribution in [3.8, 4) is 16.5 Å². The highest BCUT2D eigenvalue weighted by Gasteiger charge is 2.16. The van der Waals surface area contributed by atoms with Crippen molar-refractivity contribution in [2.24, 2.45) is 0 Å². The van der Waals surface area contributed by atoms with Crippen LogP contribution in [0.4, 0.5) is 0 Å². The van der Waals surface area contributed by atoms with Gasteiger partial charge in [-0.1, -0.05) is 24.3 Å². The van der Waals surface area contributed by atoms with E-state index in [1.54, 1.807) is 11.3 Å². The van der Waals surface area contributed by atoms with Crippen molar-refractivity contribution in [1.29, 1.82) is 0 Å². The molecule has 3 aromatic rings. The van der Waals surface area contributed by atoms with Crippen molar-refractivity contribution in [2.45, 2.75) is 25.4 Å². The van der Waals surface area contributed by atoms with Crippen molar-refractivity contribution in [2.75, 3.05) is 6.61 Å². The van der Waals surface area contributed by atoms with Gasteiger partial charge in [-0.3, -0.25) is 0 Å². The number of hydrogen-bond acceptors (Lipinski definition) is 4. The van der Waals surface area contributed by atoms with Gasteiger partial charge in [0.1, 0.15) is 18.2 Å². The number of H-pyrrole nitrogens is 1. The predicted octanol–water partition coefficient (Wildman–Crippen LogP) is 3.62. The summed E-state index contributed by atoms with van der Waals surface area (Å²) in [6, 6.07) is 12.8. The third kappa shape index (κ3) is 3.30. The van der Waals surface area contributed by atoms with Gasteiger partial charge < -0.3 is 15.0 Å². The van der Waals surface area contributed by atoms with Gasteiger partial charge >= 0.3 is 0 Å². The summed E-state index contributed by atoms with van der Waals surface area (Å²) in [7, 11) is 0. The second-order valence-electron chi connectivity index (χ2n) is 5.77. The molecule has 0 saturated heterocycles. The number of rotatable bonds is 4. The van der Waals surface area contributed by atoms with Crippen LogP contribution in [-0.2, 0) is 13.0 Å². The summed E-state index contributed by atoms with van der Waals surface area (Å²) in [5.41, 5.74) is 2.41. The first kappa shape index (κ1) is 14.5. The van der Waals surface area contributed by atoms with Gasteiger partial charge in [0.05, 0.1) is 4.88 Å². The van der Waals surface area contributed by atoms with E-state index in [1.165, 1.54) is 10.4 Å². The van der Waals surface area contributed by atoms with Crippen LogP contribution in [0.25, 0.3) is 10.7 Å². The molecule has 0 spiro atoms. The lowest BCUT2D eigenvalue weighted by Gasteiger charge is -2.15. The number of imidazole rings is 1. The Balaban J connectivity index is 1.35. The molecule has 1 atom stereocenters. The summed E-state index contributed by atoms with van der Waals surface area (Å²) in [6.45, 7) is 1.49. The molecular weight excluding hydrogens is 306 g/mol. The molecule has 0 aliphatic carbocycles. The molecular formula is C18H19N3OS. The monoisotopic (exact) mass is 325 g/mol. The number of nitrogens with one attached hydrogen (secondary N) is 2. The minimum absolute atomic E-state index is 0.357. The molecule has 1 aliphatic heterocycles. The zero-order valence-corrected chi connectivity index (χ0v) is 13.6. The molecule has 3 heterocycles. The van der Waals surface area contributed by atoms with Crippen molar-refractivity contribution >= 4 is 11.3 Å². The second-order valence-corrected chi connectivity index (χ2v) is 6.72. The molecule has 1 unspecified atom stereocenters. The van der Waals surface area contributed by atoms with E-state index >= 15 is 0 Å². The van der Waals surface area contributed by atoms with Gasteiger partial charge in [0.25, 0.3) is 0 Å². The molecule has 1 aromatic carbocycles. The Bertz CT molecular complexity index is 739. The molecule has 0 amide bonds. The number of thiophene rings is 1. The molecule has 5 heteroatoms. The van der Waals surface area contributed by atoms with Crippen molar-refractivity contribution in [3.05, 3.63) is 59.2 Å². The van der Waals surface area contributed by atoms with E-state index in [9.17, 15) is 0 Å². The van der Waals surface area contributed by atoms with Crippen LogP contribution in [0.2, 0.25) is 0 Å². The first-order valence-electron chi connectivity index (χ1n) is 7.90. The molecule has 1 aliphatic rings. The maximum Gasteiger partial charge on any atom is 0.147 e. The molecule has 4 nitrogen and oxygen atoms in total. The van der Waals surface area contributed by atoms with Crippen LogP contribution in [-0.4, -0.2) is 22.6 Å². The van der Waals surface area contributed by atoms with Gasteiger partial charge in [0.2, 0.25) is 0 Å². The van der Waals surface area contributed by atoms with Crippen molar-refractivity contribution in [3.63, 3.8) is 0 Å². The number of hydrogen-bond donors (Lipinski definition) is 2. The average Bonchev–Trinajstić information content (AvgIpc) is 3.22. The van der Waals surface area contributed by atoms with Gasteiger partial charge in [0.15, 0.2) is 0 Å². The molecule has 0 bridgehead atoms. The molecule has 0 fully saturated rings. The minimum Gasteiger partial charge on any atom is -0.492 e. The topological polar surface area (TPSA) is 49.9 Å². The Kier molecular flexibility index (Phi) is 4.13. The summed E-state index contributed by atoms with van der Waals surface area (Å²) in [6.07, 6.45) is 4.05. The number of nitrogens with zero attached hydrogens (tertiary/aromatic N) is 1. The maximum absolute atomic E-state index is 5.93. The highest BCUT2D eigenvalue weighted by Crippen LogP contribution is 2.24. The number of fused-ring (bicyclic) bond motifs is 1. The van der Waals surface area contributed by atoms with Gasteiger partial charge in [-0.15, -0.1) is 11.3 Å².